The van der Waals surface area contributed by atoms with Crippen molar-refractivity contribution in [3.63, 3.8) is 0 Å². The van der Waals surface area contributed by atoms with Gasteiger partial charge in [0.05, 0.1) is 0 Å². The van der Waals surface area contributed by atoms with Crippen LogP contribution in [0.1, 0.15) is 5.56 Å². The van der Waals surface area contributed by atoms with E-state index in [0.717, 1.165) is 0 Å². The van der Waals surface area contributed by atoms with Gasteiger partial charge in [0.1, 0.15) is 11.6 Å². The molecule has 0 fully saturated rings. The summed E-state index contributed by atoms with van der Waals surface area (Å²) in [5.74, 6) is 0.0685. The molecule has 2 N–H and O–H groups in total. The second-order valence-electron chi connectivity index (χ2n) is 2.82. The van der Waals surface area contributed by atoms with Crippen LogP contribution in [-0.4, -0.2) is 4.98 Å². The highest BCUT2D eigenvalue weighted by Gasteiger charge is 2.09. The van der Waals surface area contributed by atoms with E-state index in [1.165, 1.54) is 17.4 Å². The van der Waals surface area contributed by atoms with Crippen LogP contribution in [0.5, 0.6) is 10.9 Å². The van der Waals surface area contributed by atoms with Crippen molar-refractivity contribution in [2.45, 2.75) is 6.54 Å². The van der Waals surface area contributed by atoms with E-state index in [1.54, 1.807) is 23.7 Å². The summed E-state index contributed by atoms with van der Waals surface area (Å²) in [6.07, 6.45) is 1.63. The molecule has 5 heteroatoms. The van der Waals surface area contributed by atoms with E-state index < -0.39 is 0 Å². The third-order valence-corrected chi connectivity index (χ3v) is 2.54. The lowest BCUT2D eigenvalue weighted by molar-refractivity contribution is 0.464. The quantitative estimate of drug-likeness (QED) is 0.871. The molecule has 0 atom stereocenters. The lowest BCUT2D eigenvalue weighted by Gasteiger charge is -2.07. The Morgan fingerprint density at radius 1 is 1.47 bits per heavy atom. The molecule has 0 amide bonds. The summed E-state index contributed by atoms with van der Waals surface area (Å²) in [4.78, 5) is 3.95. The maximum Gasteiger partial charge on any atom is 0.278 e. The van der Waals surface area contributed by atoms with E-state index in [4.69, 9.17) is 10.5 Å². The Bertz CT molecular complexity index is 445. The SMILES string of the molecule is NCc1c(F)cccc1Oc1nccs1. The number of benzene rings is 1. The number of thiazole rings is 1. The highest BCUT2D eigenvalue weighted by atomic mass is 32.1. The molecule has 2 rings (SSSR count). The number of rotatable bonds is 3. The van der Waals surface area contributed by atoms with Crippen LogP contribution in [0.25, 0.3) is 0 Å². The highest BCUT2D eigenvalue weighted by molar-refractivity contribution is 7.11. The van der Waals surface area contributed by atoms with E-state index in [2.05, 4.69) is 4.98 Å². The van der Waals surface area contributed by atoms with Crippen molar-refractivity contribution in [2.24, 2.45) is 5.73 Å². The Labute approximate surface area is 90.3 Å². The minimum atomic E-state index is -0.355. The Kier molecular flexibility index (Phi) is 2.94. The number of hydrogen-bond acceptors (Lipinski definition) is 4. The van der Waals surface area contributed by atoms with Crippen LogP contribution in [-0.2, 0) is 6.54 Å². The van der Waals surface area contributed by atoms with Crippen molar-refractivity contribution in [3.8, 4) is 10.9 Å². The van der Waals surface area contributed by atoms with Crippen molar-refractivity contribution < 1.29 is 9.13 Å². The molecule has 1 aromatic heterocycles. The van der Waals surface area contributed by atoms with Crippen molar-refractivity contribution >= 4 is 11.3 Å². The molecule has 1 aromatic carbocycles. The number of ether oxygens (including phenoxy) is 1. The standard InChI is InChI=1S/C10H9FN2OS/c11-8-2-1-3-9(7(8)6-12)14-10-13-4-5-15-10/h1-5H,6,12H2. The molecule has 0 aliphatic heterocycles. The van der Waals surface area contributed by atoms with E-state index in [0.29, 0.717) is 16.5 Å². The average Bonchev–Trinajstić information content (AvgIpc) is 2.71. The molecule has 0 unspecified atom stereocenters. The number of aromatic nitrogens is 1. The van der Waals surface area contributed by atoms with Crippen LogP contribution < -0.4 is 10.5 Å². The fourth-order valence-electron chi connectivity index (χ4n) is 1.19. The second kappa shape index (κ2) is 4.37. The minimum Gasteiger partial charge on any atom is -0.430 e. The van der Waals surface area contributed by atoms with Crippen LogP contribution in [0.2, 0.25) is 0 Å². The van der Waals surface area contributed by atoms with Crippen LogP contribution in [0.4, 0.5) is 4.39 Å². The summed E-state index contributed by atoms with van der Waals surface area (Å²) in [5.41, 5.74) is 5.81. The van der Waals surface area contributed by atoms with Gasteiger partial charge < -0.3 is 10.5 Å². The summed E-state index contributed by atoms with van der Waals surface area (Å²) >= 11 is 1.35. The van der Waals surface area contributed by atoms with Crippen molar-refractivity contribution in [1.29, 1.82) is 0 Å². The molecule has 1 heterocycles. The zero-order valence-corrected chi connectivity index (χ0v) is 8.63. The van der Waals surface area contributed by atoms with Gasteiger partial charge in [-0.1, -0.05) is 17.4 Å². The maximum absolute atomic E-state index is 13.3. The summed E-state index contributed by atoms with van der Waals surface area (Å²) in [7, 11) is 0. The van der Waals surface area contributed by atoms with E-state index in [9.17, 15) is 4.39 Å². The predicted molar refractivity (Wildman–Crippen MR) is 56.5 cm³/mol. The molecule has 0 aliphatic carbocycles. The number of halogens is 1. The van der Waals surface area contributed by atoms with E-state index >= 15 is 0 Å². The fourth-order valence-corrected chi connectivity index (χ4v) is 1.69. The lowest BCUT2D eigenvalue weighted by atomic mass is 10.2. The fraction of sp³-hybridized carbons (Fsp3) is 0.100. The third-order valence-electron chi connectivity index (χ3n) is 1.89. The van der Waals surface area contributed by atoms with Crippen LogP contribution in [0.15, 0.2) is 29.8 Å². The predicted octanol–water partition coefficient (Wildman–Crippen LogP) is 2.53. The summed E-state index contributed by atoms with van der Waals surface area (Å²) < 4.78 is 18.7. The van der Waals surface area contributed by atoms with Gasteiger partial charge in [-0.15, -0.1) is 0 Å². The first-order valence-electron chi connectivity index (χ1n) is 4.36. The van der Waals surface area contributed by atoms with Crippen molar-refractivity contribution in [3.05, 3.63) is 41.2 Å². The largest absolute Gasteiger partial charge is 0.430 e. The summed E-state index contributed by atoms with van der Waals surface area (Å²) in [6, 6.07) is 4.61. The molecule has 0 radical (unpaired) electrons. The van der Waals surface area contributed by atoms with Gasteiger partial charge in [-0.2, -0.15) is 0 Å². The first-order chi connectivity index (χ1) is 7.31. The molecule has 2 aromatic rings. The molecule has 3 nitrogen and oxygen atoms in total. The van der Waals surface area contributed by atoms with E-state index in [-0.39, 0.29) is 12.4 Å². The number of nitrogens with zero attached hydrogens (tertiary/aromatic N) is 1. The van der Waals surface area contributed by atoms with Gasteiger partial charge in [0.25, 0.3) is 5.19 Å². The molecular weight excluding hydrogens is 215 g/mol. The van der Waals surface area contributed by atoms with Crippen molar-refractivity contribution in [2.75, 3.05) is 0 Å². The lowest BCUT2D eigenvalue weighted by Crippen LogP contribution is -2.02. The zero-order valence-electron chi connectivity index (χ0n) is 7.81. The van der Waals surface area contributed by atoms with Gasteiger partial charge in [0, 0.05) is 23.7 Å². The summed E-state index contributed by atoms with van der Waals surface area (Å²) in [5, 5.41) is 2.27. The topological polar surface area (TPSA) is 48.1 Å². The van der Waals surface area contributed by atoms with Crippen molar-refractivity contribution in [1.82, 2.24) is 4.98 Å². The second-order valence-corrected chi connectivity index (χ2v) is 3.68. The Balaban J connectivity index is 2.32. The first-order valence-corrected chi connectivity index (χ1v) is 5.24. The molecule has 78 valence electrons. The molecule has 0 bridgehead atoms. The zero-order chi connectivity index (χ0) is 10.7. The smallest absolute Gasteiger partial charge is 0.278 e. The number of hydrogen-bond donors (Lipinski definition) is 1. The maximum atomic E-state index is 13.3. The highest BCUT2D eigenvalue weighted by Crippen LogP contribution is 2.27. The van der Waals surface area contributed by atoms with Gasteiger partial charge in [-0.05, 0) is 12.1 Å². The Morgan fingerprint density at radius 2 is 2.33 bits per heavy atom. The van der Waals surface area contributed by atoms with Crippen LogP contribution >= 0.6 is 11.3 Å². The first kappa shape index (κ1) is 10.1. The van der Waals surface area contributed by atoms with Crippen LogP contribution in [0.3, 0.4) is 0 Å². The van der Waals surface area contributed by atoms with Crippen LogP contribution in [0, 0.1) is 5.82 Å². The monoisotopic (exact) mass is 224 g/mol. The van der Waals surface area contributed by atoms with Gasteiger partial charge >= 0.3 is 0 Å². The molecule has 0 spiro atoms. The molecule has 0 saturated carbocycles. The molecule has 0 saturated heterocycles. The van der Waals surface area contributed by atoms with Gasteiger partial charge in [-0.3, -0.25) is 0 Å². The molecule has 0 aliphatic rings. The van der Waals surface area contributed by atoms with Gasteiger partial charge in [0.15, 0.2) is 0 Å². The third kappa shape index (κ3) is 2.14. The normalized spacial score (nSPS) is 10.3. The molecular formula is C10H9FN2OS. The minimum absolute atomic E-state index is 0.105. The number of nitrogens with two attached hydrogens (primary N) is 1. The Hall–Kier alpha value is -1.46. The average molecular weight is 224 g/mol. The van der Waals surface area contributed by atoms with E-state index in [1.807, 2.05) is 0 Å². The molecule has 15 heavy (non-hydrogen) atoms. The summed E-state index contributed by atoms with van der Waals surface area (Å²) in [6.45, 7) is 0.105. The Morgan fingerprint density at radius 3 is 3.00 bits per heavy atom. The van der Waals surface area contributed by atoms with Gasteiger partial charge in [-0.25, -0.2) is 9.37 Å². The van der Waals surface area contributed by atoms with Gasteiger partial charge in [0.2, 0.25) is 0 Å².